The highest BCUT2D eigenvalue weighted by atomic mass is 19.4. The van der Waals surface area contributed by atoms with Gasteiger partial charge in [0.2, 0.25) is 0 Å². The molecule has 1 aromatic rings. The van der Waals surface area contributed by atoms with Gasteiger partial charge in [-0.1, -0.05) is 24.3 Å². The van der Waals surface area contributed by atoms with Gasteiger partial charge in [0.1, 0.15) is 0 Å². The molecule has 1 atom stereocenters. The third-order valence-corrected chi connectivity index (χ3v) is 3.02. The summed E-state index contributed by atoms with van der Waals surface area (Å²) >= 11 is 0. The zero-order chi connectivity index (χ0) is 16.0. The molecule has 1 aliphatic heterocycles. The van der Waals surface area contributed by atoms with Crippen molar-refractivity contribution < 1.29 is 27.9 Å². The standard InChI is InChI=1S/C12H15NO.C2HF3O2/c1-9(14)10-4-6-11(7-5-10)12-3-2-8-13-12;3-2(4,5)1(6)7/h4-7,12-13H,2-3,8H2,1H3;(H,6,7). The molecule has 0 radical (unpaired) electrons. The fraction of sp³-hybridized carbons (Fsp3) is 0.429. The van der Waals surface area contributed by atoms with Gasteiger partial charge < -0.3 is 10.4 Å². The average Bonchev–Trinajstić information content (AvgIpc) is 2.92. The quantitative estimate of drug-likeness (QED) is 0.824. The lowest BCUT2D eigenvalue weighted by atomic mass is 10.0. The molecule has 7 heteroatoms. The number of alkyl halides is 3. The topological polar surface area (TPSA) is 66.4 Å². The lowest BCUT2D eigenvalue weighted by Gasteiger charge is -2.10. The molecule has 1 unspecified atom stereocenters. The van der Waals surface area contributed by atoms with Crippen molar-refractivity contribution >= 4 is 11.8 Å². The first-order valence-electron chi connectivity index (χ1n) is 6.36. The number of hydrogen-bond acceptors (Lipinski definition) is 3. The zero-order valence-corrected chi connectivity index (χ0v) is 11.4. The predicted molar refractivity (Wildman–Crippen MR) is 70.1 cm³/mol. The molecule has 1 aromatic carbocycles. The van der Waals surface area contributed by atoms with E-state index in [2.05, 4.69) is 17.4 Å². The van der Waals surface area contributed by atoms with Crippen LogP contribution in [0.3, 0.4) is 0 Å². The number of carboxylic acids is 1. The molecule has 116 valence electrons. The fourth-order valence-electron chi connectivity index (χ4n) is 1.92. The molecule has 1 fully saturated rings. The summed E-state index contributed by atoms with van der Waals surface area (Å²) in [5, 5.41) is 10.6. The molecule has 21 heavy (non-hydrogen) atoms. The fourth-order valence-corrected chi connectivity index (χ4v) is 1.92. The smallest absolute Gasteiger partial charge is 0.475 e. The van der Waals surface area contributed by atoms with E-state index in [1.807, 2.05) is 12.1 Å². The summed E-state index contributed by atoms with van der Waals surface area (Å²) in [4.78, 5) is 20.0. The van der Waals surface area contributed by atoms with Crippen LogP contribution in [-0.2, 0) is 4.79 Å². The molecule has 1 aliphatic rings. The highest BCUT2D eigenvalue weighted by molar-refractivity contribution is 5.94. The maximum absolute atomic E-state index is 11.1. The Labute approximate surface area is 120 Å². The van der Waals surface area contributed by atoms with Gasteiger partial charge in [-0.05, 0) is 31.9 Å². The first kappa shape index (κ1) is 17.2. The van der Waals surface area contributed by atoms with Crippen molar-refractivity contribution in [2.24, 2.45) is 0 Å². The minimum atomic E-state index is -5.08. The van der Waals surface area contributed by atoms with E-state index < -0.39 is 12.1 Å². The van der Waals surface area contributed by atoms with Crippen molar-refractivity contribution in [3.8, 4) is 0 Å². The third-order valence-electron chi connectivity index (χ3n) is 3.02. The number of carboxylic acid groups (broad SMARTS) is 1. The second-order valence-corrected chi connectivity index (χ2v) is 4.63. The van der Waals surface area contributed by atoms with Crippen molar-refractivity contribution in [3.63, 3.8) is 0 Å². The van der Waals surface area contributed by atoms with Crippen LogP contribution in [0, 0.1) is 0 Å². The van der Waals surface area contributed by atoms with Crippen molar-refractivity contribution in [2.75, 3.05) is 6.54 Å². The van der Waals surface area contributed by atoms with Gasteiger partial charge >= 0.3 is 12.1 Å². The minimum absolute atomic E-state index is 0.135. The van der Waals surface area contributed by atoms with Crippen LogP contribution in [0.1, 0.15) is 41.7 Å². The highest BCUT2D eigenvalue weighted by Gasteiger charge is 2.38. The molecule has 1 saturated heterocycles. The first-order valence-corrected chi connectivity index (χ1v) is 6.36. The Morgan fingerprint density at radius 1 is 1.24 bits per heavy atom. The molecule has 0 spiro atoms. The molecule has 4 nitrogen and oxygen atoms in total. The van der Waals surface area contributed by atoms with Crippen LogP contribution in [0.25, 0.3) is 0 Å². The number of benzene rings is 1. The molecule has 0 saturated carbocycles. The molecule has 2 rings (SSSR count). The zero-order valence-electron chi connectivity index (χ0n) is 11.4. The second kappa shape index (κ2) is 7.21. The number of rotatable bonds is 2. The predicted octanol–water partition coefficient (Wildman–Crippen LogP) is 2.95. The molecular formula is C14H16F3NO3. The maximum Gasteiger partial charge on any atom is 0.490 e. The minimum Gasteiger partial charge on any atom is -0.475 e. The number of carbonyl (C=O) groups is 2. The van der Waals surface area contributed by atoms with E-state index in [1.54, 1.807) is 6.92 Å². The molecule has 0 amide bonds. The van der Waals surface area contributed by atoms with Gasteiger partial charge in [0.15, 0.2) is 5.78 Å². The summed E-state index contributed by atoms with van der Waals surface area (Å²) in [7, 11) is 0. The maximum atomic E-state index is 11.1. The molecule has 2 N–H and O–H groups in total. The van der Waals surface area contributed by atoms with Gasteiger partial charge in [0.25, 0.3) is 0 Å². The van der Waals surface area contributed by atoms with E-state index in [0.717, 1.165) is 12.1 Å². The Bertz CT molecular complexity index is 491. The monoisotopic (exact) mass is 303 g/mol. The van der Waals surface area contributed by atoms with Crippen LogP contribution < -0.4 is 5.32 Å². The summed E-state index contributed by atoms with van der Waals surface area (Å²) in [6.07, 6.45) is -2.63. The van der Waals surface area contributed by atoms with Crippen molar-refractivity contribution in [3.05, 3.63) is 35.4 Å². The highest BCUT2D eigenvalue weighted by Crippen LogP contribution is 2.23. The van der Waals surface area contributed by atoms with E-state index in [0.29, 0.717) is 6.04 Å². The Hall–Kier alpha value is -1.89. The number of carbonyl (C=O) groups excluding carboxylic acids is 1. The number of ketones is 1. The van der Waals surface area contributed by atoms with Crippen LogP contribution >= 0.6 is 0 Å². The summed E-state index contributed by atoms with van der Waals surface area (Å²) in [6.45, 7) is 2.71. The summed E-state index contributed by atoms with van der Waals surface area (Å²) in [5.74, 6) is -2.62. The van der Waals surface area contributed by atoms with E-state index >= 15 is 0 Å². The van der Waals surface area contributed by atoms with E-state index in [4.69, 9.17) is 9.90 Å². The third kappa shape index (κ3) is 5.55. The SMILES string of the molecule is CC(=O)c1ccc(C2CCCN2)cc1.O=C(O)C(F)(F)F. The summed E-state index contributed by atoms with van der Waals surface area (Å²) < 4.78 is 31.7. The van der Waals surface area contributed by atoms with Crippen LogP contribution in [0.5, 0.6) is 0 Å². The number of halogens is 3. The number of aliphatic carboxylic acids is 1. The van der Waals surface area contributed by atoms with Gasteiger partial charge in [-0.3, -0.25) is 4.79 Å². The Balaban J connectivity index is 0.000000270. The molecule has 1 heterocycles. The van der Waals surface area contributed by atoms with Gasteiger partial charge in [-0.2, -0.15) is 13.2 Å². The summed E-state index contributed by atoms with van der Waals surface area (Å²) in [6, 6.07) is 8.44. The van der Waals surface area contributed by atoms with Crippen molar-refractivity contribution in [1.82, 2.24) is 5.32 Å². The molecular weight excluding hydrogens is 287 g/mol. The number of hydrogen-bond donors (Lipinski definition) is 2. The van der Waals surface area contributed by atoms with Gasteiger partial charge in [-0.15, -0.1) is 0 Å². The number of Topliss-reactive ketones (excluding diaryl/α,β-unsaturated/α-hetero) is 1. The van der Waals surface area contributed by atoms with Crippen LogP contribution in [0.2, 0.25) is 0 Å². The van der Waals surface area contributed by atoms with E-state index in [9.17, 15) is 18.0 Å². The van der Waals surface area contributed by atoms with E-state index in [-0.39, 0.29) is 5.78 Å². The van der Waals surface area contributed by atoms with Crippen LogP contribution in [0.15, 0.2) is 24.3 Å². The lowest BCUT2D eigenvalue weighted by molar-refractivity contribution is -0.192. The van der Waals surface area contributed by atoms with E-state index in [1.165, 1.54) is 18.4 Å². The molecule has 0 aliphatic carbocycles. The summed E-state index contributed by atoms with van der Waals surface area (Å²) in [5.41, 5.74) is 2.10. The number of nitrogens with one attached hydrogen (secondary N) is 1. The average molecular weight is 303 g/mol. The Morgan fingerprint density at radius 3 is 2.10 bits per heavy atom. The van der Waals surface area contributed by atoms with Gasteiger partial charge in [0, 0.05) is 11.6 Å². The van der Waals surface area contributed by atoms with Crippen LogP contribution in [0.4, 0.5) is 13.2 Å². The van der Waals surface area contributed by atoms with Gasteiger partial charge in [0.05, 0.1) is 0 Å². The normalized spacial score (nSPS) is 17.8. The second-order valence-electron chi connectivity index (χ2n) is 4.63. The van der Waals surface area contributed by atoms with Gasteiger partial charge in [-0.25, -0.2) is 4.79 Å². The Kier molecular flexibility index (Phi) is 5.90. The molecule has 0 bridgehead atoms. The largest absolute Gasteiger partial charge is 0.490 e. The van der Waals surface area contributed by atoms with Crippen molar-refractivity contribution in [1.29, 1.82) is 0 Å². The molecule has 0 aromatic heterocycles. The first-order chi connectivity index (χ1) is 9.71. The van der Waals surface area contributed by atoms with Crippen LogP contribution in [-0.4, -0.2) is 29.6 Å². The lowest BCUT2D eigenvalue weighted by Crippen LogP contribution is -2.21. The van der Waals surface area contributed by atoms with Crippen molar-refractivity contribution in [2.45, 2.75) is 32.0 Å². The Morgan fingerprint density at radius 2 is 1.76 bits per heavy atom.